The summed E-state index contributed by atoms with van der Waals surface area (Å²) >= 11 is 3.18. The molecular weight excluding hydrogens is 283 g/mol. The second-order valence-electron chi connectivity index (χ2n) is 4.91. The topological polar surface area (TPSA) is 38.0 Å². The minimum Gasteiger partial charge on any atom is -0.397 e. The van der Waals surface area contributed by atoms with Gasteiger partial charge in [0, 0.05) is 12.6 Å². The second-order valence-corrected chi connectivity index (χ2v) is 5.77. The number of nitrogens with one attached hydrogen (secondary N) is 1. The lowest BCUT2D eigenvalue weighted by Crippen LogP contribution is -2.36. The van der Waals surface area contributed by atoms with Crippen molar-refractivity contribution in [2.75, 3.05) is 17.6 Å². The first-order chi connectivity index (χ1) is 8.06. The minimum atomic E-state index is -0.318. The predicted octanol–water partition coefficient (Wildman–Crippen LogP) is 4.16. The summed E-state index contributed by atoms with van der Waals surface area (Å²) in [5, 5.41) is 3.35. The first-order valence-corrected chi connectivity index (χ1v) is 6.84. The van der Waals surface area contributed by atoms with Crippen molar-refractivity contribution in [2.45, 2.75) is 32.6 Å². The van der Waals surface area contributed by atoms with E-state index in [0.29, 0.717) is 15.6 Å². The summed E-state index contributed by atoms with van der Waals surface area (Å²) in [6.45, 7) is 3.15. The highest BCUT2D eigenvalue weighted by Crippen LogP contribution is 2.44. The van der Waals surface area contributed by atoms with E-state index in [4.69, 9.17) is 5.73 Å². The molecule has 0 radical (unpaired) electrons. The van der Waals surface area contributed by atoms with Gasteiger partial charge in [-0.25, -0.2) is 4.39 Å². The lowest BCUT2D eigenvalue weighted by Gasteiger charge is -2.41. The summed E-state index contributed by atoms with van der Waals surface area (Å²) in [5.74, 6) is -0.318. The molecule has 1 aliphatic carbocycles. The van der Waals surface area contributed by atoms with Crippen molar-refractivity contribution >= 4 is 27.3 Å². The van der Waals surface area contributed by atoms with Crippen LogP contribution in [0.5, 0.6) is 0 Å². The molecule has 4 heteroatoms. The zero-order chi connectivity index (χ0) is 12.5. The molecule has 2 rings (SSSR count). The van der Waals surface area contributed by atoms with Crippen molar-refractivity contribution in [1.82, 2.24) is 0 Å². The molecule has 1 aliphatic rings. The Labute approximate surface area is 110 Å². The van der Waals surface area contributed by atoms with Crippen molar-refractivity contribution < 1.29 is 4.39 Å². The number of benzene rings is 1. The summed E-state index contributed by atoms with van der Waals surface area (Å²) in [6.07, 6.45) is 5.05. The minimum absolute atomic E-state index is 0.318. The van der Waals surface area contributed by atoms with Crippen LogP contribution in [0.15, 0.2) is 16.6 Å². The van der Waals surface area contributed by atoms with Crippen LogP contribution in [0.4, 0.5) is 15.8 Å². The van der Waals surface area contributed by atoms with Gasteiger partial charge in [-0.15, -0.1) is 0 Å². The third-order valence-electron chi connectivity index (χ3n) is 3.91. The number of halogens is 2. The Balaban J connectivity index is 2.06. The van der Waals surface area contributed by atoms with Crippen LogP contribution in [-0.2, 0) is 0 Å². The maximum atomic E-state index is 13.2. The number of nitrogens with two attached hydrogens (primary N) is 1. The fourth-order valence-corrected chi connectivity index (χ4v) is 2.67. The Morgan fingerprint density at radius 3 is 2.71 bits per heavy atom. The van der Waals surface area contributed by atoms with Gasteiger partial charge in [0.05, 0.1) is 15.8 Å². The van der Waals surface area contributed by atoms with Crippen molar-refractivity contribution in [2.24, 2.45) is 5.41 Å². The SMILES string of the molecule is CCC1(CNc2cc(Br)c(F)cc2N)CCC1. The molecule has 0 aromatic heterocycles. The number of hydrogen-bond acceptors (Lipinski definition) is 2. The maximum absolute atomic E-state index is 13.2. The van der Waals surface area contributed by atoms with E-state index in [-0.39, 0.29) is 5.82 Å². The quantitative estimate of drug-likeness (QED) is 0.819. The van der Waals surface area contributed by atoms with Crippen LogP contribution in [-0.4, -0.2) is 6.54 Å². The number of rotatable bonds is 4. The van der Waals surface area contributed by atoms with Gasteiger partial charge in [0.2, 0.25) is 0 Å². The standard InChI is InChI=1S/C13H18BrFN2/c1-2-13(4-3-5-13)8-17-12-6-9(14)10(15)7-11(12)16/h6-7,17H,2-5,8,16H2,1H3. The zero-order valence-corrected chi connectivity index (χ0v) is 11.6. The Morgan fingerprint density at radius 1 is 1.47 bits per heavy atom. The molecule has 0 aliphatic heterocycles. The Kier molecular flexibility index (Phi) is 3.61. The second kappa shape index (κ2) is 4.84. The normalized spacial score (nSPS) is 17.6. The molecule has 3 N–H and O–H groups in total. The fraction of sp³-hybridized carbons (Fsp3) is 0.538. The van der Waals surface area contributed by atoms with Crippen molar-refractivity contribution in [3.63, 3.8) is 0 Å². The van der Waals surface area contributed by atoms with Gasteiger partial charge in [-0.2, -0.15) is 0 Å². The highest BCUT2D eigenvalue weighted by molar-refractivity contribution is 9.10. The number of nitrogen functional groups attached to an aromatic ring is 1. The first kappa shape index (κ1) is 12.7. The molecule has 0 bridgehead atoms. The van der Waals surface area contributed by atoms with Gasteiger partial charge in [-0.05, 0) is 46.7 Å². The Bertz CT molecular complexity index is 411. The Morgan fingerprint density at radius 2 is 2.18 bits per heavy atom. The maximum Gasteiger partial charge on any atom is 0.139 e. The van der Waals surface area contributed by atoms with E-state index in [9.17, 15) is 4.39 Å². The molecular formula is C13H18BrFN2. The monoisotopic (exact) mass is 300 g/mol. The average Bonchev–Trinajstić information content (AvgIpc) is 2.24. The lowest BCUT2D eigenvalue weighted by molar-refractivity contribution is 0.145. The summed E-state index contributed by atoms with van der Waals surface area (Å²) in [7, 11) is 0. The van der Waals surface area contributed by atoms with Crippen LogP contribution in [0.3, 0.4) is 0 Å². The Hall–Kier alpha value is -0.770. The molecule has 94 valence electrons. The molecule has 0 spiro atoms. The molecule has 0 atom stereocenters. The fourth-order valence-electron chi connectivity index (χ4n) is 2.33. The van der Waals surface area contributed by atoms with E-state index in [1.54, 1.807) is 6.07 Å². The van der Waals surface area contributed by atoms with Crippen molar-refractivity contribution in [3.05, 3.63) is 22.4 Å². The van der Waals surface area contributed by atoms with Gasteiger partial charge in [-0.1, -0.05) is 13.3 Å². The molecule has 1 aromatic rings. The van der Waals surface area contributed by atoms with Gasteiger partial charge in [0.1, 0.15) is 5.82 Å². The number of hydrogen-bond donors (Lipinski definition) is 2. The average molecular weight is 301 g/mol. The molecule has 2 nitrogen and oxygen atoms in total. The molecule has 17 heavy (non-hydrogen) atoms. The van der Waals surface area contributed by atoms with Crippen molar-refractivity contribution in [3.8, 4) is 0 Å². The van der Waals surface area contributed by atoms with Crippen LogP contribution in [0.2, 0.25) is 0 Å². The van der Waals surface area contributed by atoms with E-state index in [1.807, 2.05) is 0 Å². The van der Waals surface area contributed by atoms with Gasteiger partial charge in [0.15, 0.2) is 0 Å². The van der Waals surface area contributed by atoms with Crippen LogP contribution in [0, 0.1) is 11.2 Å². The lowest BCUT2D eigenvalue weighted by atomic mass is 9.67. The first-order valence-electron chi connectivity index (χ1n) is 6.05. The van der Waals surface area contributed by atoms with Gasteiger partial charge < -0.3 is 11.1 Å². The zero-order valence-electron chi connectivity index (χ0n) is 10.0. The van der Waals surface area contributed by atoms with E-state index < -0.39 is 0 Å². The third-order valence-corrected chi connectivity index (χ3v) is 4.52. The highest BCUT2D eigenvalue weighted by Gasteiger charge is 2.34. The largest absolute Gasteiger partial charge is 0.397 e. The summed E-state index contributed by atoms with van der Waals surface area (Å²) in [4.78, 5) is 0. The van der Waals surface area contributed by atoms with E-state index in [0.717, 1.165) is 12.2 Å². The third kappa shape index (κ3) is 2.57. The van der Waals surface area contributed by atoms with E-state index in [2.05, 4.69) is 28.2 Å². The summed E-state index contributed by atoms with van der Waals surface area (Å²) in [5.41, 5.74) is 7.51. The number of anilines is 2. The molecule has 0 heterocycles. The summed E-state index contributed by atoms with van der Waals surface area (Å²) < 4.78 is 13.7. The van der Waals surface area contributed by atoms with Crippen LogP contribution in [0.25, 0.3) is 0 Å². The van der Waals surface area contributed by atoms with Crippen LogP contribution >= 0.6 is 15.9 Å². The molecule has 0 unspecified atom stereocenters. The van der Waals surface area contributed by atoms with Crippen molar-refractivity contribution in [1.29, 1.82) is 0 Å². The molecule has 1 fully saturated rings. The van der Waals surface area contributed by atoms with E-state index in [1.165, 1.54) is 31.7 Å². The van der Waals surface area contributed by atoms with Crippen LogP contribution < -0.4 is 11.1 Å². The van der Waals surface area contributed by atoms with Gasteiger partial charge >= 0.3 is 0 Å². The molecule has 1 aromatic carbocycles. The van der Waals surface area contributed by atoms with Gasteiger partial charge in [-0.3, -0.25) is 0 Å². The van der Waals surface area contributed by atoms with Crippen LogP contribution in [0.1, 0.15) is 32.6 Å². The molecule has 0 saturated heterocycles. The summed E-state index contributed by atoms with van der Waals surface area (Å²) in [6, 6.07) is 3.07. The molecule has 0 amide bonds. The smallest absolute Gasteiger partial charge is 0.139 e. The molecule has 1 saturated carbocycles. The van der Waals surface area contributed by atoms with E-state index >= 15 is 0 Å². The highest BCUT2D eigenvalue weighted by atomic mass is 79.9. The van der Waals surface area contributed by atoms with Gasteiger partial charge in [0.25, 0.3) is 0 Å². The predicted molar refractivity (Wildman–Crippen MR) is 73.6 cm³/mol.